The lowest BCUT2D eigenvalue weighted by Crippen LogP contribution is -2.43. The van der Waals surface area contributed by atoms with Gasteiger partial charge in [0, 0.05) is 6.54 Å². The SMILES string of the molecule is CC(NC(=O)NCc1ccc2c(c1)OCO2)Oc1ccc(C(C)C)cc1. The van der Waals surface area contributed by atoms with Gasteiger partial charge in [-0.25, -0.2) is 4.79 Å². The van der Waals surface area contributed by atoms with Crippen molar-refractivity contribution in [2.24, 2.45) is 0 Å². The van der Waals surface area contributed by atoms with Gasteiger partial charge in [0.2, 0.25) is 6.79 Å². The predicted molar refractivity (Wildman–Crippen MR) is 98.6 cm³/mol. The molecule has 138 valence electrons. The average molecular weight is 356 g/mol. The summed E-state index contributed by atoms with van der Waals surface area (Å²) in [7, 11) is 0. The fourth-order valence-electron chi connectivity index (χ4n) is 2.63. The summed E-state index contributed by atoms with van der Waals surface area (Å²) >= 11 is 0. The van der Waals surface area contributed by atoms with Crippen LogP contribution in [0.5, 0.6) is 17.2 Å². The lowest BCUT2D eigenvalue weighted by atomic mass is 10.0. The number of rotatable bonds is 6. The van der Waals surface area contributed by atoms with Crippen molar-refractivity contribution in [3.05, 3.63) is 53.6 Å². The first-order chi connectivity index (χ1) is 12.5. The van der Waals surface area contributed by atoms with Gasteiger partial charge in [-0.15, -0.1) is 0 Å². The van der Waals surface area contributed by atoms with Crippen LogP contribution in [0.1, 0.15) is 37.8 Å². The van der Waals surface area contributed by atoms with Gasteiger partial charge < -0.3 is 24.8 Å². The van der Waals surface area contributed by atoms with Crippen LogP contribution in [-0.4, -0.2) is 19.1 Å². The van der Waals surface area contributed by atoms with Crippen LogP contribution in [0, 0.1) is 0 Å². The Morgan fingerprint density at radius 1 is 1.08 bits per heavy atom. The first-order valence-corrected chi connectivity index (χ1v) is 8.71. The van der Waals surface area contributed by atoms with Crippen molar-refractivity contribution < 1.29 is 19.0 Å². The molecule has 1 atom stereocenters. The fourth-order valence-corrected chi connectivity index (χ4v) is 2.63. The van der Waals surface area contributed by atoms with Gasteiger partial charge in [0.05, 0.1) is 0 Å². The Kier molecular flexibility index (Phi) is 5.51. The second-order valence-corrected chi connectivity index (χ2v) is 6.50. The first-order valence-electron chi connectivity index (χ1n) is 8.71. The zero-order valence-electron chi connectivity index (χ0n) is 15.2. The average Bonchev–Trinajstić information content (AvgIpc) is 3.08. The molecule has 2 aromatic carbocycles. The quantitative estimate of drug-likeness (QED) is 0.773. The summed E-state index contributed by atoms with van der Waals surface area (Å²) in [5.41, 5.74) is 2.18. The Morgan fingerprint density at radius 2 is 1.81 bits per heavy atom. The second kappa shape index (κ2) is 7.99. The van der Waals surface area contributed by atoms with E-state index in [0.29, 0.717) is 18.2 Å². The molecule has 2 amide bonds. The molecular formula is C20H24N2O4. The highest BCUT2D eigenvalue weighted by molar-refractivity contribution is 5.74. The molecule has 6 nitrogen and oxygen atoms in total. The molecule has 0 fully saturated rings. The number of amides is 2. The molecule has 1 aliphatic rings. The molecule has 0 saturated heterocycles. The van der Waals surface area contributed by atoms with Crippen LogP contribution in [0.25, 0.3) is 0 Å². The summed E-state index contributed by atoms with van der Waals surface area (Å²) in [6, 6.07) is 13.2. The van der Waals surface area contributed by atoms with E-state index in [2.05, 4.69) is 24.5 Å². The van der Waals surface area contributed by atoms with Crippen LogP contribution in [-0.2, 0) is 6.54 Å². The van der Waals surface area contributed by atoms with E-state index in [9.17, 15) is 4.79 Å². The van der Waals surface area contributed by atoms with Gasteiger partial charge in [-0.2, -0.15) is 0 Å². The highest BCUT2D eigenvalue weighted by Crippen LogP contribution is 2.32. The summed E-state index contributed by atoms with van der Waals surface area (Å²) in [5, 5.41) is 5.56. The van der Waals surface area contributed by atoms with Gasteiger partial charge in [0.1, 0.15) is 5.75 Å². The number of nitrogens with one attached hydrogen (secondary N) is 2. The second-order valence-electron chi connectivity index (χ2n) is 6.50. The Morgan fingerprint density at radius 3 is 2.54 bits per heavy atom. The molecule has 1 unspecified atom stereocenters. The molecule has 0 spiro atoms. The summed E-state index contributed by atoms with van der Waals surface area (Å²) in [6.45, 7) is 6.70. The topological polar surface area (TPSA) is 68.8 Å². The molecule has 6 heteroatoms. The van der Waals surface area contributed by atoms with Gasteiger partial charge >= 0.3 is 6.03 Å². The first kappa shape index (κ1) is 17.9. The van der Waals surface area contributed by atoms with Crippen LogP contribution in [0.2, 0.25) is 0 Å². The smallest absolute Gasteiger partial charge is 0.317 e. The molecule has 0 radical (unpaired) electrons. The third-order valence-corrected chi connectivity index (χ3v) is 4.08. The van der Waals surface area contributed by atoms with Gasteiger partial charge in [-0.1, -0.05) is 32.0 Å². The van der Waals surface area contributed by atoms with E-state index in [1.807, 2.05) is 42.5 Å². The zero-order valence-corrected chi connectivity index (χ0v) is 15.2. The number of benzene rings is 2. The molecule has 1 heterocycles. The molecule has 0 bridgehead atoms. The summed E-state index contributed by atoms with van der Waals surface area (Å²) in [5.74, 6) is 2.62. The number of hydrogen-bond acceptors (Lipinski definition) is 4. The number of urea groups is 1. The highest BCUT2D eigenvalue weighted by Gasteiger charge is 2.14. The molecule has 3 rings (SSSR count). The van der Waals surface area contributed by atoms with Crippen LogP contribution in [0.4, 0.5) is 4.79 Å². The van der Waals surface area contributed by atoms with E-state index < -0.39 is 6.23 Å². The molecular weight excluding hydrogens is 332 g/mol. The summed E-state index contributed by atoms with van der Waals surface area (Å²) < 4.78 is 16.3. The Bertz CT molecular complexity index is 759. The third kappa shape index (κ3) is 4.59. The maximum atomic E-state index is 12.0. The normalized spacial score (nSPS) is 13.4. The number of hydrogen-bond donors (Lipinski definition) is 2. The number of carbonyl (C=O) groups is 1. The maximum Gasteiger partial charge on any atom is 0.317 e. The van der Waals surface area contributed by atoms with Crippen molar-refractivity contribution in [2.45, 2.75) is 39.5 Å². The zero-order chi connectivity index (χ0) is 18.5. The molecule has 2 aromatic rings. The van der Waals surface area contributed by atoms with E-state index in [0.717, 1.165) is 17.1 Å². The largest absolute Gasteiger partial charge is 0.471 e. The molecule has 2 N–H and O–H groups in total. The fraction of sp³-hybridized carbons (Fsp3) is 0.350. The molecule has 0 saturated carbocycles. The van der Waals surface area contributed by atoms with E-state index >= 15 is 0 Å². The van der Waals surface area contributed by atoms with Gasteiger partial charge in [0.15, 0.2) is 17.7 Å². The minimum Gasteiger partial charge on any atom is -0.471 e. The van der Waals surface area contributed by atoms with E-state index in [1.54, 1.807) is 6.92 Å². The van der Waals surface area contributed by atoms with Crippen molar-refractivity contribution in [1.29, 1.82) is 0 Å². The van der Waals surface area contributed by atoms with Gasteiger partial charge in [0.25, 0.3) is 0 Å². The summed E-state index contributed by atoms with van der Waals surface area (Å²) in [4.78, 5) is 12.0. The maximum absolute atomic E-state index is 12.0. The Balaban J connectivity index is 1.45. The standard InChI is InChI=1S/C20H24N2O4/c1-13(2)16-5-7-17(8-6-16)26-14(3)22-20(23)21-11-15-4-9-18-19(10-15)25-12-24-18/h4-10,13-14H,11-12H2,1-3H3,(H2,21,22,23). The van der Waals surface area contributed by atoms with Crippen LogP contribution in [0.15, 0.2) is 42.5 Å². The Labute approximate surface area is 153 Å². The number of carbonyl (C=O) groups excluding carboxylic acids is 1. The van der Waals surface area contributed by atoms with Crippen molar-refractivity contribution in [3.63, 3.8) is 0 Å². The van der Waals surface area contributed by atoms with Crippen LogP contribution >= 0.6 is 0 Å². The minimum atomic E-state index is -0.448. The summed E-state index contributed by atoms with van der Waals surface area (Å²) in [6.07, 6.45) is -0.448. The lowest BCUT2D eigenvalue weighted by Gasteiger charge is -2.17. The van der Waals surface area contributed by atoms with Gasteiger partial charge in [-0.3, -0.25) is 0 Å². The molecule has 26 heavy (non-hydrogen) atoms. The molecule has 0 aromatic heterocycles. The lowest BCUT2D eigenvalue weighted by molar-refractivity contribution is 0.173. The van der Waals surface area contributed by atoms with Crippen molar-refractivity contribution in [2.75, 3.05) is 6.79 Å². The number of ether oxygens (including phenoxy) is 3. The predicted octanol–water partition coefficient (Wildman–Crippen LogP) is 3.76. The van der Waals surface area contributed by atoms with Gasteiger partial charge in [-0.05, 0) is 48.2 Å². The van der Waals surface area contributed by atoms with E-state index in [4.69, 9.17) is 14.2 Å². The number of fused-ring (bicyclic) bond motifs is 1. The molecule has 0 aliphatic carbocycles. The third-order valence-electron chi connectivity index (χ3n) is 4.08. The van der Waals surface area contributed by atoms with Crippen LogP contribution < -0.4 is 24.8 Å². The highest BCUT2D eigenvalue weighted by atomic mass is 16.7. The Hall–Kier alpha value is -2.89. The minimum absolute atomic E-state index is 0.236. The van der Waals surface area contributed by atoms with Crippen molar-refractivity contribution in [3.8, 4) is 17.2 Å². The van der Waals surface area contributed by atoms with Crippen molar-refractivity contribution in [1.82, 2.24) is 10.6 Å². The van der Waals surface area contributed by atoms with Crippen molar-refractivity contribution >= 4 is 6.03 Å². The van der Waals surface area contributed by atoms with Crippen LogP contribution in [0.3, 0.4) is 0 Å². The van der Waals surface area contributed by atoms with E-state index in [-0.39, 0.29) is 12.8 Å². The monoisotopic (exact) mass is 356 g/mol. The van der Waals surface area contributed by atoms with E-state index in [1.165, 1.54) is 5.56 Å². The molecule has 1 aliphatic heterocycles.